The maximum atomic E-state index is 5.93. The molecule has 2 aromatic carbocycles. The van der Waals surface area contributed by atoms with Gasteiger partial charge in [0.05, 0.1) is 17.3 Å². The fraction of sp³-hybridized carbons (Fsp3) is 0.227. The molecule has 0 radical (unpaired) electrons. The Bertz CT molecular complexity index is 1080. The van der Waals surface area contributed by atoms with E-state index in [9.17, 15) is 0 Å². The molecule has 3 nitrogen and oxygen atoms in total. The van der Waals surface area contributed by atoms with Crippen molar-refractivity contribution in [3.05, 3.63) is 59.1 Å². The quantitative estimate of drug-likeness (QED) is 0.534. The summed E-state index contributed by atoms with van der Waals surface area (Å²) < 4.78 is 6.96. The van der Waals surface area contributed by atoms with Crippen molar-refractivity contribution in [2.45, 2.75) is 26.3 Å². The number of ether oxygens (including phenoxy) is 1. The van der Waals surface area contributed by atoms with Gasteiger partial charge in [0.25, 0.3) is 0 Å². The average molecular weight is 362 g/mol. The Hall–Kier alpha value is -2.43. The summed E-state index contributed by atoms with van der Waals surface area (Å²) in [5, 5.41) is 4.52. The van der Waals surface area contributed by atoms with Crippen LogP contribution in [0.4, 0.5) is 0 Å². The lowest BCUT2D eigenvalue weighted by Gasteiger charge is -2.15. The lowest BCUT2D eigenvalue weighted by atomic mass is 9.94. The van der Waals surface area contributed by atoms with Gasteiger partial charge < -0.3 is 10.5 Å². The molecule has 2 heterocycles. The minimum atomic E-state index is 0.158. The van der Waals surface area contributed by atoms with Crippen molar-refractivity contribution in [1.29, 1.82) is 0 Å². The van der Waals surface area contributed by atoms with Crippen LogP contribution in [-0.4, -0.2) is 18.1 Å². The van der Waals surface area contributed by atoms with E-state index in [0.29, 0.717) is 0 Å². The molecular formula is C22H22N2OS. The van der Waals surface area contributed by atoms with Crippen LogP contribution in [0.15, 0.2) is 48.0 Å². The number of nitrogens with two attached hydrogens (primary N) is 1. The van der Waals surface area contributed by atoms with Crippen LogP contribution in [0.25, 0.3) is 32.1 Å². The first-order chi connectivity index (χ1) is 12.6. The van der Waals surface area contributed by atoms with Crippen molar-refractivity contribution in [2.24, 2.45) is 5.73 Å². The molecule has 2 aromatic heterocycles. The van der Waals surface area contributed by atoms with Crippen molar-refractivity contribution in [1.82, 2.24) is 4.98 Å². The highest BCUT2D eigenvalue weighted by Gasteiger charge is 2.17. The van der Waals surface area contributed by atoms with E-state index in [1.54, 1.807) is 18.4 Å². The van der Waals surface area contributed by atoms with Gasteiger partial charge >= 0.3 is 0 Å². The first kappa shape index (κ1) is 17.0. The SMILES string of the molecule is COc1cc(C)c2ncc3sccc3c2c1-c1ccc(CC(C)N)cc1. The minimum absolute atomic E-state index is 0.158. The molecule has 1 unspecified atom stereocenters. The number of fused-ring (bicyclic) bond motifs is 3. The first-order valence-electron chi connectivity index (χ1n) is 8.77. The summed E-state index contributed by atoms with van der Waals surface area (Å²) in [6.07, 6.45) is 2.85. The van der Waals surface area contributed by atoms with Crippen molar-refractivity contribution >= 4 is 32.3 Å². The molecule has 0 aliphatic carbocycles. The van der Waals surface area contributed by atoms with Crippen molar-refractivity contribution in [3.8, 4) is 16.9 Å². The Morgan fingerprint density at radius 2 is 1.96 bits per heavy atom. The van der Waals surface area contributed by atoms with E-state index in [0.717, 1.165) is 34.4 Å². The number of hydrogen-bond donors (Lipinski definition) is 1. The van der Waals surface area contributed by atoms with E-state index in [1.165, 1.54) is 21.0 Å². The first-order valence-corrected chi connectivity index (χ1v) is 9.65. The normalized spacial score (nSPS) is 12.6. The van der Waals surface area contributed by atoms with Gasteiger partial charge in [-0.25, -0.2) is 0 Å². The Morgan fingerprint density at radius 3 is 2.65 bits per heavy atom. The lowest BCUT2D eigenvalue weighted by Crippen LogP contribution is -2.17. The van der Waals surface area contributed by atoms with Crippen LogP contribution in [0.3, 0.4) is 0 Å². The molecule has 0 saturated carbocycles. The Morgan fingerprint density at radius 1 is 1.19 bits per heavy atom. The van der Waals surface area contributed by atoms with Crippen LogP contribution < -0.4 is 10.5 Å². The van der Waals surface area contributed by atoms with Crippen molar-refractivity contribution in [2.75, 3.05) is 7.11 Å². The van der Waals surface area contributed by atoms with Gasteiger partial charge in [0, 0.05) is 28.6 Å². The molecule has 0 aliphatic rings. The largest absolute Gasteiger partial charge is 0.496 e. The van der Waals surface area contributed by atoms with Gasteiger partial charge in [0.1, 0.15) is 5.75 Å². The fourth-order valence-corrected chi connectivity index (χ4v) is 4.34. The molecule has 0 saturated heterocycles. The lowest BCUT2D eigenvalue weighted by molar-refractivity contribution is 0.416. The van der Waals surface area contributed by atoms with E-state index in [2.05, 4.69) is 48.7 Å². The van der Waals surface area contributed by atoms with Gasteiger partial charge in [0.2, 0.25) is 0 Å². The number of nitrogens with zero attached hydrogens (tertiary/aromatic N) is 1. The minimum Gasteiger partial charge on any atom is -0.496 e. The summed E-state index contributed by atoms with van der Waals surface area (Å²) in [7, 11) is 1.73. The number of aryl methyl sites for hydroxylation is 1. The maximum absolute atomic E-state index is 5.93. The van der Waals surface area contributed by atoms with E-state index >= 15 is 0 Å². The van der Waals surface area contributed by atoms with E-state index in [-0.39, 0.29) is 6.04 Å². The second-order valence-corrected chi connectivity index (χ2v) is 7.78. The van der Waals surface area contributed by atoms with Crippen molar-refractivity contribution in [3.63, 3.8) is 0 Å². The zero-order valence-corrected chi connectivity index (χ0v) is 16.1. The van der Waals surface area contributed by atoms with Gasteiger partial charge in [-0.05, 0) is 54.5 Å². The molecule has 4 rings (SSSR count). The maximum Gasteiger partial charge on any atom is 0.127 e. The van der Waals surface area contributed by atoms with Crippen LogP contribution in [0.1, 0.15) is 18.1 Å². The number of aromatic nitrogens is 1. The average Bonchev–Trinajstić information content (AvgIpc) is 3.11. The van der Waals surface area contributed by atoms with E-state index < -0.39 is 0 Å². The Labute approximate surface area is 157 Å². The fourth-order valence-electron chi connectivity index (χ4n) is 3.58. The monoisotopic (exact) mass is 362 g/mol. The Kier molecular flexibility index (Phi) is 4.39. The number of benzene rings is 2. The van der Waals surface area contributed by atoms with Gasteiger partial charge in [0.15, 0.2) is 0 Å². The summed E-state index contributed by atoms with van der Waals surface area (Å²) in [6, 6.07) is 13.1. The summed E-state index contributed by atoms with van der Waals surface area (Å²) >= 11 is 1.72. The van der Waals surface area contributed by atoms with Crippen LogP contribution in [-0.2, 0) is 6.42 Å². The molecule has 0 aliphatic heterocycles. The highest BCUT2D eigenvalue weighted by atomic mass is 32.1. The van der Waals surface area contributed by atoms with E-state index in [1.807, 2.05) is 13.1 Å². The topological polar surface area (TPSA) is 48.1 Å². The van der Waals surface area contributed by atoms with Gasteiger partial charge in [-0.2, -0.15) is 0 Å². The Balaban J connectivity index is 2.01. The summed E-state index contributed by atoms with van der Waals surface area (Å²) in [4.78, 5) is 4.74. The van der Waals surface area contributed by atoms with E-state index in [4.69, 9.17) is 15.5 Å². The molecule has 2 N–H and O–H groups in total. The van der Waals surface area contributed by atoms with Gasteiger partial charge in [-0.15, -0.1) is 11.3 Å². The molecule has 1 atom stereocenters. The van der Waals surface area contributed by atoms with Crippen LogP contribution in [0.5, 0.6) is 5.75 Å². The predicted molar refractivity (Wildman–Crippen MR) is 111 cm³/mol. The highest BCUT2D eigenvalue weighted by molar-refractivity contribution is 7.17. The van der Waals surface area contributed by atoms with Crippen LogP contribution in [0.2, 0.25) is 0 Å². The molecule has 132 valence electrons. The number of hydrogen-bond acceptors (Lipinski definition) is 4. The third kappa shape index (κ3) is 2.85. The zero-order valence-electron chi connectivity index (χ0n) is 15.2. The third-order valence-electron chi connectivity index (χ3n) is 4.75. The molecule has 4 heteroatoms. The standard InChI is InChI=1S/C22H22N2OS/c1-13-10-18(25-3)20(16-6-4-15(5-7-16)11-14(2)23)21-17-8-9-26-19(17)12-24-22(13)21/h4-10,12,14H,11,23H2,1-3H3. The highest BCUT2D eigenvalue weighted by Crippen LogP contribution is 2.42. The molecule has 26 heavy (non-hydrogen) atoms. The molecule has 4 aromatic rings. The number of rotatable bonds is 4. The molecule has 0 spiro atoms. The number of pyridine rings is 1. The second-order valence-electron chi connectivity index (χ2n) is 6.83. The smallest absolute Gasteiger partial charge is 0.127 e. The van der Waals surface area contributed by atoms with Gasteiger partial charge in [-0.3, -0.25) is 4.98 Å². The molecule has 0 fully saturated rings. The van der Waals surface area contributed by atoms with Gasteiger partial charge in [-0.1, -0.05) is 24.3 Å². The predicted octanol–water partition coefficient (Wildman–Crippen LogP) is 5.32. The second kappa shape index (κ2) is 6.71. The number of methoxy groups -OCH3 is 1. The summed E-state index contributed by atoms with van der Waals surface area (Å²) in [6.45, 7) is 4.12. The zero-order chi connectivity index (χ0) is 18.3. The van der Waals surface area contributed by atoms with Crippen LogP contribution in [0, 0.1) is 6.92 Å². The summed E-state index contributed by atoms with van der Waals surface area (Å²) in [5.74, 6) is 0.885. The van der Waals surface area contributed by atoms with Crippen LogP contribution >= 0.6 is 11.3 Å². The summed E-state index contributed by atoms with van der Waals surface area (Å²) in [5.41, 5.74) is 11.6. The third-order valence-corrected chi connectivity index (χ3v) is 5.60. The molecule has 0 bridgehead atoms. The number of thiophene rings is 1. The molecule has 0 amide bonds. The molecular weight excluding hydrogens is 340 g/mol. The van der Waals surface area contributed by atoms with Crippen molar-refractivity contribution < 1.29 is 4.74 Å².